The summed E-state index contributed by atoms with van der Waals surface area (Å²) in [5.41, 5.74) is 3.12. The molecule has 8 nitrogen and oxygen atoms in total. The molecule has 1 atom stereocenters. The first kappa shape index (κ1) is 21.4. The molecule has 2 aliphatic heterocycles. The minimum Gasteiger partial charge on any atom is -0.494 e. The van der Waals surface area contributed by atoms with E-state index >= 15 is 0 Å². The quantitative estimate of drug-likeness (QED) is 0.651. The molecule has 2 aromatic rings. The Kier molecular flexibility index (Phi) is 6.11. The van der Waals surface area contributed by atoms with Crippen LogP contribution in [0, 0.1) is 0 Å². The lowest BCUT2D eigenvalue weighted by atomic mass is 9.95. The molecule has 0 fully saturated rings. The molecule has 0 saturated carbocycles. The van der Waals surface area contributed by atoms with Gasteiger partial charge in [0.05, 0.1) is 23.9 Å². The molecule has 0 spiro atoms. The number of ether oxygens (including phenoxy) is 2. The standard InChI is InChI=1S/C24H25N3O5/c1-3-15-8-7-9-16(12-15)25-20(28)13-27-18-14-32-23(29)21(18)22(26-24(27)30)17-10-5-6-11-19(17)31-4-2/h5-12,22H,3-4,13-14H2,1-2H3,(H,25,28)(H,26,30)/t22-/m1/s1. The summed E-state index contributed by atoms with van der Waals surface area (Å²) < 4.78 is 10.9. The van der Waals surface area contributed by atoms with Crippen molar-refractivity contribution in [3.05, 3.63) is 70.9 Å². The van der Waals surface area contributed by atoms with Gasteiger partial charge in [-0.2, -0.15) is 0 Å². The molecule has 3 amide bonds. The predicted molar refractivity (Wildman–Crippen MR) is 118 cm³/mol. The molecule has 0 unspecified atom stereocenters. The predicted octanol–water partition coefficient (Wildman–Crippen LogP) is 3.16. The Bertz CT molecular complexity index is 1090. The third kappa shape index (κ3) is 4.16. The Morgan fingerprint density at radius 3 is 2.78 bits per heavy atom. The number of carbonyl (C=O) groups is 3. The zero-order chi connectivity index (χ0) is 22.7. The second kappa shape index (κ2) is 9.13. The number of para-hydroxylation sites is 1. The highest BCUT2D eigenvalue weighted by molar-refractivity contribution is 6.00. The lowest BCUT2D eigenvalue weighted by Gasteiger charge is -2.33. The number of esters is 1. The molecular weight excluding hydrogens is 410 g/mol. The van der Waals surface area contributed by atoms with Crippen molar-refractivity contribution in [3.8, 4) is 5.75 Å². The monoisotopic (exact) mass is 435 g/mol. The maximum Gasteiger partial charge on any atom is 0.338 e. The van der Waals surface area contributed by atoms with Crippen LogP contribution >= 0.6 is 0 Å². The van der Waals surface area contributed by atoms with Gasteiger partial charge in [-0.1, -0.05) is 37.3 Å². The fourth-order valence-corrected chi connectivity index (χ4v) is 3.93. The van der Waals surface area contributed by atoms with Gasteiger partial charge in [-0.15, -0.1) is 0 Å². The Hall–Kier alpha value is -3.81. The minimum atomic E-state index is -0.712. The lowest BCUT2D eigenvalue weighted by Crippen LogP contribution is -2.49. The number of nitrogens with zero attached hydrogens (tertiary/aromatic N) is 1. The minimum absolute atomic E-state index is 0.0620. The van der Waals surface area contributed by atoms with Crippen molar-refractivity contribution >= 4 is 23.6 Å². The first-order valence-electron chi connectivity index (χ1n) is 10.6. The van der Waals surface area contributed by atoms with Crippen LogP contribution in [0.2, 0.25) is 0 Å². The van der Waals surface area contributed by atoms with Crippen LogP contribution in [-0.4, -0.2) is 42.6 Å². The van der Waals surface area contributed by atoms with Crippen molar-refractivity contribution in [2.24, 2.45) is 0 Å². The smallest absolute Gasteiger partial charge is 0.338 e. The number of nitrogens with one attached hydrogen (secondary N) is 2. The van der Waals surface area contributed by atoms with Crippen LogP contribution in [-0.2, 0) is 20.7 Å². The van der Waals surface area contributed by atoms with Crippen molar-refractivity contribution in [2.45, 2.75) is 26.3 Å². The van der Waals surface area contributed by atoms with Crippen molar-refractivity contribution in [3.63, 3.8) is 0 Å². The molecule has 0 radical (unpaired) electrons. The lowest BCUT2D eigenvalue weighted by molar-refractivity contribution is -0.136. The first-order valence-corrected chi connectivity index (χ1v) is 10.6. The summed E-state index contributed by atoms with van der Waals surface area (Å²) in [6.07, 6.45) is 0.846. The molecule has 2 aromatic carbocycles. The summed E-state index contributed by atoms with van der Waals surface area (Å²) in [4.78, 5) is 39.5. The number of aryl methyl sites for hydroxylation is 1. The topological polar surface area (TPSA) is 97.0 Å². The van der Waals surface area contributed by atoms with Gasteiger partial charge in [0.1, 0.15) is 18.9 Å². The molecule has 2 N–H and O–H groups in total. The number of anilines is 1. The number of hydrogen-bond donors (Lipinski definition) is 2. The highest BCUT2D eigenvalue weighted by atomic mass is 16.5. The molecule has 0 aliphatic carbocycles. The van der Waals surface area contributed by atoms with E-state index < -0.39 is 18.0 Å². The van der Waals surface area contributed by atoms with E-state index in [2.05, 4.69) is 10.6 Å². The first-order chi connectivity index (χ1) is 15.5. The van der Waals surface area contributed by atoms with Crippen molar-refractivity contribution in [2.75, 3.05) is 25.1 Å². The molecule has 0 saturated heterocycles. The molecule has 2 aliphatic rings. The Labute approximate surface area is 186 Å². The summed E-state index contributed by atoms with van der Waals surface area (Å²) in [6.45, 7) is 4.04. The van der Waals surface area contributed by atoms with E-state index in [-0.39, 0.29) is 19.1 Å². The third-order valence-electron chi connectivity index (χ3n) is 5.45. The van der Waals surface area contributed by atoms with Crippen LogP contribution in [0.25, 0.3) is 0 Å². The number of benzene rings is 2. The molecule has 166 valence electrons. The molecular formula is C24H25N3O5. The van der Waals surface area contributed by atoms with E-state index in [4.69, 9.17) is 9.47 Å². The van der Waals surface area contributed by atoms with Crippen LogP contribution in [0.3, 0.4) is 0 Å². The Morgan fingerprint density at radius 1 is 1.19 bits per heavy atom. The van der Waals surface area contributed by atoms with Gasteiger partial charge in [0.2, 0.25) is 5.91 Å². The van der Waals surface area contributed by atoms with Crippen molar-refractivity contribution in [1.82, 2.24) is 10.2 Å². The van der Waals surface area contributed by atoms with E-state index in [1.165, 1.54) is 4.90 Å². The molecule has 0 aromatic heterocycles. The summed E-state index contributed by atoms with van der Waals surface area (Å²) in [5, 5.41) is 5.65. The number of amides is 3. The number of hydrogen-bond acceptors (Lipinski definition) is 5. The molecule has 32 heavy (non-hydrogen) atoms. The van der Waals surface area contributed by atoms with E-state index in [1.807, 2.05) is 44.2 Å². The fourth-order valence-electron chi connectivity index (χ4n) is 3.93. The normalized spacial score (nSPS) is 17.6. The second-order valence-electron chi connectivity index (χ2n) is 7.48. The number of carbonyl (C=O) groups excluding carboxylic acids is 3. The van der Waals surface area contributed by atoms with Crippen LogP contribution in [0.1, 0.15) is 31.0 Å². The van der Waals surface area contributed by atoms with Crippen LogP contribution in [0.5, 0.6) is 5.75 Å². The Morgan fingerprint density at radius 2 is 2.00 bits per heavy atom. The van der Waals surface area contributed by atoms with E-state index in [0.29, 0.717) is 34.9 Å². The van der Waals surface area contributed by atoms with Gasteiger partial charge in [-0.05, 0) is 37.1 Å². The van der Waals surface area contributed by atoms with Crippen molar-refractivity contribution in [1.29, 1.82) is 0 Å². The molecule has 2 heterocycles. The van der Waals surface area contributed by atoms with Gasteiger partial charge in [0.25, 0.3) is 0 Å². The summed E-state index contributed by atoms with van der Waals surface area (Å²) in [5.74, 6) is -0.307. The number of rotatable bonds is 7. The average molecular weight is 435 g/mol. The van der Waals surface area contributed by atoms with Crippen LogP contribution in [0.15, 0.2) is 59.8 Å². The fraction of sp³-hybridized carbons (Fsp3) is 0.292. The zero-order valence-electron chi connectivity index (χ0n) is 18.0. The summed E-state index contributed by atoms with van der Waals surface area (Å²) in [6, 6.07) is 13.6. The largest absolute Gasteiger partial charge is 0.494 e. The second-order valence-corrected chi connectivity index (χ2v) is 7.48. The summed E-state index contributed by atoms with van der Waals surface area (Å²) >= 11 is 0. The maximum absolute atomic E-state index is 13.0. The molecule has 0 bridgehead atoms. The highest BCUT2D eigenvalue weighted by Gasteiger charge is 2.43. The van der Waals surface area contributed by atoms with Crippen LogP contribution < -0.4 is 15.4 Å². The number of urea groups is 1. The van der Waals surface area contributed by atoms with Gasteiger partial charge >= 0.3 is 12.0 Å². The van der Waals surface area contributed by atoms with Gasteiger partial charge < -0.3 is 20.1 Å². The zero-order valence-corrected chi connectivity index (χ0v) is 18.0. The van der Waals surface area contributed by atoms with Crippen molar-refractivity contribution < 1.29 is 23.9 Å². The SMILES string of the molecule is CCOc1ccccc1[C@H]1NC(=O)N(CC(=O)Nc2cccc(CC)c2)C2=C1C(=O)OC2. The third-order valence-corrected chi connectivity index (χ3v) is 5.45. The van der Waals surface area contributed by atoms with Gasteiger partial charge in [-0.25, -0.2) is 9.59 Å². The van der Waals surface area contributed by atoms with Gasteiger partial charge in [-0.3, -0.25) is 9.69 Å². The average Bonchev–Trinajstić information content (AvgIpc) is 3.18. The summed E-state index contributed by atoms with van der Waals surface area (Å²) in [7, 11) is 0. The Balaban J connectivity index is 1.60. The maximum atomic E-state index is 13.0. The van der Waals surface area contributed by atoms with Gasteiger partial charge in [0.15, 0.2) is 0 Å². The van der Waals surface area contributed by atoms with Crippen LogP contribution in [0.4, 0.5) is 10.5 Å². The van der Waals surface area contributed by atoms with E-state index in [9.17, 15) is 14.4 Å². The van der Waals surface area contributed by atoms with Gasteiger partial charge in [0, 0.05) is 11.3 Å². The van der Waals surface area contributed by atoms with E-state index in [1.54, 1.807) is 18.2 Å². The molecule has 4 rings (SSSR count). The number of cyclic esters (lactones) is 1. The highest BCUT2D eigenvalue weighted by Crippen LogP contribution is 2.38. The van der Waals surface area contributed by atoms with E-state index in [0.717, 1.165) is 12.0 Å². The molecule has 8 heteroatoms.